The van der Waals surface area contributed by atoms with E-state index < -0.39 is 0 Å². The van der Waals surface area contributed by atoms with E-state index in [9.17, 15) is 4.79 Å². The molecule has 1 aliphatic heterocycles. The quantitative estimate of drug-likeness (QED) is 0.874. The van der Waals surface area contributed by atoms with Crippen LogP contribution in [0.5, 0.6) is 0 Å². The molecule has 2 aromatic rings. The van der Waals surface area contributed by atoms with Gasteiger partial charge in [-0.15, -0.1) is 0 Å². The van der Waals surface area contributed by atoms with Crippen LogP contribution in [0.3, 0.4) is 0 Å². The number of pyridine rings is 1. The van der Waals surface area contributed by atoms with Crippen LogP contribution >= 0.6 is 0 Å². The Labute approximate surface area is 125 Å². The second-order valence-electron chi connectivity index (χ2n) is 6.37. The van der Waals surface area contributed by atoms with Gasteiger partial charge in [0.15, 0.2) is 0 Å². The molecule has 3 rings (SSSR count). The van der Waals surface area contributed by atoms with Crippen LogP contribution in [0, 0.1) is 6.92 Å². The molecule has 0 unspecified atom stereocenters. The van der Waals surface area contributed by atoms with Crippen LogP contribution in [0.4, 0.5) is 0 Å². The highest BCUT2D eigenvalue weighted by Gasteiger charge is 2.29. The van der Waals surface area contributed by atoms with Crippen molar-refractivity contribution in [3.63, 3.8) is 0 Å². The average molecular weight is 283 g/mol. The molecule has 0 atom stereocenters. The van der Waals surface area contributed by atoms with Gasteiger partial charge < -0.3 is 10.2 Å². The van der Waals surface area contributed by atoms with Crippen LogP contribution < -0.4 is 5.32 Å². The van der Waals surface area contributed by atoms with Gasteiger partial charge in [-0.3, -0.25) is 9.78 Å². The first-order valence-electron chi connectivity index (χ1n) is 7.37. The van der Waals surface area contributed by atoms with Crippen molar-refractivity contribution in [2.24, 2.45) is 0 Å². The molecule has 21 heavy (non-hydrogen) atoms. The third-order valence-corrected chi connectivity index (χ3v) is 3.93. The maximum Gasteiger partial charge on any atom is 0.254 e. The van der Waals surface area contributed by atoms with Crippen molar-refractivity contribution in [3.05, 3.63) is 41.6 Å². The highest BCUT2D eigenvalue weighted by molar-refractivity contribution is 6.06. The second-order valence-corrected chi connectivity index (χ2v) is 6.37. The maximum absolute atomic E-state index is 12.9. The van der Waals surface area contributed by atoms with Crippen molar-refractivity contribution >= 4 is 16.8 Å². The van der Waals surface area contributed by atoms with Gasteiger partial charge in [-0.1, -0.05) is 18.2 Å². The van der Waals surface area contributed by atoms with E-state index in [1.807, 2.05) is 42.2 Å². The van der Waals surface area contributed by atoms with E-state index in [-0.39, 0.29) is 11.4 Å². The minimum atomic E-state index is -0.0359. The van der Waals surface area contributed by atoms with Gasteiger partial charge >= 0.3 is 0 Å². The van der Waals surface area contributed by atoms with Crippen LogP contribution in [0.15, 0.2) is 30.3 Å². The first-order valence-corrected chi connectivity index (χ1v) is 7.37. The number of rotatable bonds is 1. The van der Waals surface area contributed by atoms with E-state index >= 15 is 0 Å². The summed E-state index contributed by atoms with van der Waals surface area (Å²) in [5.74, 6) is 0.103. The number of aryl methyl sites for hydroxylation is 1. The Morgan fingerprint density at radius 2 is 2.10 bits per heavy atom. The van der Waals surface area contributed by atoms with Crippen molar-refractivity contribution in [2.75, 3.05) is 19.6 Å². The predicted molar refractivity (Wildman–Crippen MR) is 84.5 cm³/mol. The number of benzene rings is 1. The summed E-state index contributed by atoms with van der Waals surface area (Å²) in [6, 6.07) is 9.75. The molecule has 1 aromatic heterocycles. The van der Waals surface area contributed by atoms with Crippen molar-refractivity contribution in [3.8, 4) is 0 Å². The molecule has 4 heteroatoms. The third kappa shape index (κ3) is 2.76. The number of nitrogens with zero attached hydrogens (tertiary/aromatic N) is 2. The molecule has 0 bridgehead atoms. The van der Waals surface area contributed by atoms with Crippen molar-refractivity contribution < 1.29 is 4.79 Å². The van der Waals surface area contributed by atoms with Gasteiger partial charge in [0, 0.05) is 36.3 Å². The zero-order chi connectivity index (χ0) is 15.0. The van der Waals surface area contributed by atoms with E-state index in [1.165, 1.54) is 0 Å². The van der Waals surface area contributed by atoms with Crippen LogP contribution in [0.25, 0.3) is 10.9 Å². The second kappa shape index (κ2) is 5.11. The van der Waals surface area contributed by atoms with E-state index in [0.717, 1.165) is 41.8 Å². The summed E-state index contributed by atoms with van der Waals surface area (Å²) < 4.78 is 0. The van der Waals surface area contributed by atoms with Crippen molar-refractivity contribution in [1.82, 2.24) is 15.2 Å². The minimum Gasteiger partial charge on any atom is -0.336 e. The largest absolute Gasteiger partial charge is 0.336 e. The van der Waals surface area contributed by atoms with Gasteiger partial charge in [0.1, 0.15) is 0 Å². The number of carbonyl (C=O) groups excluding carboxylic acids is 1. The molecular weight excluding hydrogens is 262 g/mol. The lowest BCUT2D eigenvalue weighted by Gasteiger charge is -2.39. The molecule has 1 aliphatic rings. The number of carbonyl (C=O) groups is 1. The molecule has 0 radical (unpaired) electrons. The number of aromatic nitrogens is 1. The lowest BCUT2D eigenvalue weighted by molar-refractivity contribution is 0.0654. The monoisotopic (exact) mass is 283 g/mol. The van der Waals surface area contributed by atoms with Crippen LogP contribution in [-0.2, 0) is 0 Å². The van der Waals surface area contributed by atoms with E-state index in [4.69, 9.17) is 0 Å². The summed E-state index contributed by atoms with van der Waals surface area (Å²) in [5, 5.41) is 4.37. The minimum absolute atomic E-state index is 0.0359. The molecular formula is C17H21N3O. The molecule has 0 spiro atoms. The third-order valence-electron chi connectivity index (χ3n) is 3.93. The van der Waals surface area contributed by atoms with Crippen LogP contribution in [-0.4, -0.2) is 41.0 Å². The summed E-state index contributed by atoms with van der Waals surface area (Å²) in [7, 11) is 0. The Bertz CT molecular complexity index is 693. The van der Waals surface area contributed by atoms with Crippen molar-refractivity contribution in [1.29, 1.82) is 0 Å². The van der Waals surface area contributed by atoms with Gasteiger partial charge in [-0.2, -0.15) is 0 Å². The fourth-order valence-electron chi connectivity index (χ4n) is 2.97. The predicted octanol–water partition coefficient (Wildman–Crippen LogP) is 2.37. The fraction of sp³-hybridized carbons (Fsp3) is 0.412. The first-order chi connectivity index (χ1) is 9.96. The molecule has 0 saturated carbocycles. The number of nitrogens with one attached hydrogen (secondary N) is 1. The van der Waals surface area contributed by atoms with E-state index in [2.05, 4.69) is 24.1 Å². The first kappa shape index (κ1) is 14.0. The molecule has 110 valence electrons. The lowest BCUT2D eigenvalue weighted by Crippen LogP contribution is -2.58. The zero-order valence-corrected chi connectivity index (χ0v) is 12.8. The van der Waals surface area contributed by atoms with Crippen LogP contribution in [0.1, 0.15) is 29.9 Å². The SMILES string of the molecule is Cc1cc(C(=O)N2CCNC(C)(C)C2)c2ccccc2n1. The highest BCUT2D eigenvalue weighted by atomic mass is 16.2. The van der Waals surface area contributed by atoms with Crippen molar-refractivity contribution in [2.45, 2.75) is 26.3 Å². The normalized spacial score (nSPS) is 18.0. The van der Waals surface area contributed by atoms with E-state index in [0.29, 0.717) is 0 Å². The van der Waals surface area contributed by atoms with Gasteiger partial charge in [0.25, 0.3) is 5.91 Å². The Hall–Kier alpha value is -1.94. The summed E-state index contributed by atoms with van der Waals surface area (Å²) in [4.78, 5) is 19.4. The number of hydrogen-bond acceptors (Lipinski definition) is 3. The summed E-state index contributed by atoms with van der Waals surface area (Å²) in [6.07, 6.45) is 0. The molecule has 2 heterocycles. The zero-order valence-electron chi connectivity index (χ0n) is 12.8. The van der Waals surface area contributed by atoms with Gasteiger partial charge in [-0.25, -0.2) is 0 Å². The van der Waals surface area contributed by atoms with Crippen LogP contribution in [0.2, 0.25) is 0 Å². The summed E-state index contributed by atoms with van der Waals surface area (Å²) in [5.41, 5.74) is 2.49. The molecule has 1 amide bonds. The Morgan fingerprint density at radius 1 is 1.33 bits per heavy atom. The Balaban J connectivity index is 2.02. The molecule has 0 aliphatic carbocycles. The van der Waals surface area contributed by atoms with Gasteiger partial charge in [0.05, 0.1) is 11.1 Å². The van der Waals surface area contributed by atoms with Gasteiger partial charge in [0.2, 0.25) is 0 Å². The molecule has 1 N–H and O–H groups in total. The number of fused-ring (bicyclic) bond motifs is 1. The fourth-order valence-corrected chi connectivity index (χ4v) is 2.97. The van der Waals surface area contributed by atoms with Gasteiger partial charge in [-0.05, 0) is 32.9 Å². The number of para-hydroxylation sites is 1. The number of hydrogen-bond donors (Lipinski definition) is 1. The highest BCUT2D eigenvalue weighted by Crippen LogP contribution is 2.21. The Kier molecular flexibility index (Phi) is 3.41. The van der Waals surface area contributed by atoms with E-state index in [1.54, 1.807) is 0 Å². The molecule has 1 saturated heterocycles. The lowest BCUT2D eigenvalue weighted by atomic mass is 10.0. The number of piperazine rings is 1. The summed E-state index contributed by atoms with van der Waals surface area (Å²) in [6.45, 7) is 8.50. The molecule has 4 nitrogen and oxygen atoms in total. The molecule has 1 fully saturated rings. The maximum atomic E-state index is 12.9. The topological polar surface area (TPSA) is 45.2 Å². The standard InChI is InChI=1S/C17H21N3O/c1-12-10-14(13-6-4-5-7-15(13)19-12)16(21)20-9-8-18-17(2,3)11-20/h4-7,10,18H,8-9,11H2,1-3H3. The number of amides is 1. The average Bonchev–Trinajstić information content (AvgIpc) is 2.44. The Morgan fingerprint density at radius 3 is 2.86 bits per heavy atom. The smallest absolute Gasteiger partial charge is 0.254 e. The summed E-state index contributed by atoms with van der Waals surface area (Å²) >= 11 is 0. The molecule has 1 aromatic carbocycles.